The molecular formula is C24H50N8O4. The molecule has 0 heterocycles. The van der Waals surface area contributed by atoms with Gasteiger partial charge in [-0.3, -0.25) is 14.4 Å². The highest BCUT2D eigenvalue weighted by Gasteiger charge is 2.23. The molecule has 0 aliphatic rings. The molecule has 4 atom stereocenters. The largest absolute Gasteiger partial charge is 0.354 e. The zero-order valence-electron chi connectivity index (χ0n) is 21.7. The minimum atomic E-state index is -0.735. The summed E-state index contributed by atoms with van der Waals surface area (Å²) in [6.45, 7) is 1.98. The minimum absolute atomic E-state index is 0.275. The summed E-state index contributed by atoms with van der Waals surface area (Å²) < 4.78 is 0. The number of amides is 3. The lowest BCUT2D eigenvalue weighted by Gasteiger charge is -2.21. The smallest absolute Gasteiger partial charge is 0.242 e. The molecule has 210 valence electrons. The fraction of sp³-hybridized carbons (Fsp3) is 0.833. The minimum Gasteiger partial charge on any atom is -0.354 e. The number of unbranched alkanes of at least 4 members (excludes halogenated alkanes) is 4. The van der Waals surface area contributed by atoms with Gasteiger partial charge in [-0.25, -0.2) is 0 Å². The predicted octanol–water partition coefficient (Wildman–Crippen LogP) is -1.52. The zero-order chi connectivity index (χ0) is 27.2. The number of nitrogens with two attached hydrogens (primary N) is 5. The van der Waals surface area contributed by atoms with Crippen LogP contribution in [0.3, 0.4) is 0 Å². The maximum absolute atomic E-state index is 12.7. The van der Waals surface area contributed by atoms with Gasteiger partial charge >= 0.3 is 0 Å². The predicted molar refractivity (Wildman–Crippen MR) is 141 cm³/mol. The van der Waals surface area contributed by atoms with Crippen LogP contribution >= 0.6 is 0 Å². The Labute approximate surface area is 215 Å². The zero-order valence-corrected chi connectivity index (χ0v) is 21.7. The number of rotatable bonds is 23. The summed E-state index contributed by atoms with van der Waals surface area (Å²) in [4.78, 5) is 48.5. The van der Waals surface area contributed by atoms with Gasteiger partial charge in [0.05, 0.1) is 18.1 Å². The van der Waals surface area contributed by atoms with Gasteiger partial charge < -0.3 is 49.4 Å². The molecule has 0 saturated carbocycles. The molecule has 0 aliphatic heterocycles. The summed E-state index contributed by atoms with van der Waals surface area (Å²) in [5.74, 6) is -0.995. The first kappa shape index (κ1) is 33.9. The van der Waals surface area contributed by atoms with Crippen LogP contribution in [0, 0.1) is 0 Å². The molecule has 0 fully saturated rings. The van der Waals surface area contributed by atoms with Gasteiger partial charge in [-0.2, -0.15) is 0 Å². The molecule has 0 rings (SSSR count). The van der Waals surface area contributed by atoms with Crippen LogP contribution in [0.5, 0.6) is 0 Å². The summed E-state index contributed by atoms with van der Waals surface area (Å²) in [5.41, 5.74) is 28.4. The first-order chi connectivity index (χ1) is 17.3. The molecule has 0 aromatic carbocycles. The number of nitrogens with one attached hydrogen (secondary N) is 3. The molecule has 0 spiro atoms. The van der Waals surface area contributed by atoms with Gasteiger partial charge in [-0.05, 0) is 90.3 Å². The van der Waals surface area contributed by atoms with E-state index in [9.17, 15) is 19.2 Å². The summed E-state index contributed by atoms with van der Waals surface area (Å²) in [5, 5.41) is 8.26. The molecule has 36 heavy (non-hydrogen) atoms. The van der Waals surface area contributed by atoms with E-state index in [2.05, 4.69) is 16.0 Å². The second-order valence-electron chi connectivity index (χ2n) is 9.17. The topological polar surface area (TPSA) is 234 Å². The average molecular weight is 515 g/mol. The van der Waals surface area contributed by atoms with E-state index in [0.717, 1.165) is 32.1 Å². The molecule has 4 unspecified atom stereocenters. The van der Waals surface area contributed by atoms with Gasteiger partial charge in [0, 0.05) is 6.54 Å². The van der Waals surface area contributed by atoms with Crippen molar-refractivity contribution in [3.8, 4) is 0 Å². The molecule has 0 aromatic heterocycles. The van der Waals surface area contributed by atoms with Crippen molar-refractivity contribution < 1.29 is 19.2 Å². The van der Waals surface area contributed by atoms with E-state index in [1.807, 2.05) is 0 Å². The molecule has 13 N–H and O–H groups in total. The van der Waals surface area contributed by atoms with Crippen molar-refractivity contribution in [1.82, 2.24) is 16.0 Å². The molecular weight excluding hydrogens is 464 g/mol. The number of aldehydes is 1. The first-order valence-corrected chi connectivity index (χ1v) is 13.3. The maximum atomic E-state index is 12.7. The number of hydrogen-bond acceptors (Lipinski definition) is 9. The standard InChI is InChI=1S/C24H50N8O4/c25-13-5-1-9-18(17-33)31-22(34)19(28)11-4-8-16-30-24(36)21(12-3-7-15-27)32-23(35)20(29)10-2-6-14-26/h17-21H,1-16,25-29H2,(H,30,36)(H,31,34)(H,32,35). The quantitative estimate of drug-likeness (QED) is 0.0583. The number of hydrogen-bond donors (Lipinski definition) is 8. The van der Waals surface area contributed by atoms with E-state index in [4.69, 9.17) is 28.7 Å². The summed E-state index contributed by atoms with van der Waals surface area (Å²) in [6.07, 6.45) is 8.41. The Morgan fingerprint density at radius 1 is 0.611 bits per heavy atom. The molecule has 12 heteroatoms. The van der Waals surface area contributed by atoms with Crippen molar-refractivity contribution in [2.24, 2.45) is 28.7 Å². The molecule has 0 radical (unpaired) electrons. The van der Waals surface area contributed by atoms with Crippen molar-refractivity contribution >= 4 is 24.0 Å². The number of carbonyl (C=O) groups is 4. The van der Waals surface area contributed by atoms with Crippen LogP contribution in [0.25, 0.3) is 0 Å². The average Bonchev–Trinajstić information content (AvgIpc) is 2.86. The van der Waals surface area contributed by atoms with E-state index in [1.54, 1.807) is 0 Å². The molecule has 0 aliphatic carbocycles. The van der Waals surface area contributed by atoms with Crippen molar-refractivity contribution in [2.75, 3.05) is 26.2 Å². The molecule has 0 saturated heterocycles. The highest BCUT2D eigenvalue weighted by atomic mass is 16.2. The van der Waals surface area contributed by atoms with Gasteiger partial charge in [0.15, 0.2) is 0 Å². The van der Waals surface area contributed by atoms with Crippen LogP contribution in [-0.2, 0) is 19.2 Å². The Kier molecular flexibility index (Phi) is 20.8. The Morgan fingerprint density at radius 3 is 1.61 bits per heavy atom. The highest BCUT2D eigenvalue weighted by molar-refractivity contribution is 5.89. The Bertz CT molecular complexity index is 623. The van der Waals surface area contributed by atoms with Crippen molar-refractivity contribution in [2.45, 2.75) is 101 Å². The summed E-state index contributed by atoms with van der Waals surface area (Å²) in [6, 6.07) is -2.66. The fourth-order valence-electron chi connectivity index (χ4n) is 3.61. The highest BCUT2D eigenvalue weighted by Crippen LogP contribution is 2.05. The Morgan fingerprint density at radius 2 is 1.08 bits per heavy atom. The van der Waals surface area contributed by atoms with Crippen LogP contribution in [0.1, 0.15) is 77.0 Å². The van der Waals surface area contributed by atoms with E-state index >= 15 is 0 Å². The van der Waals surface area contributed by atoms with E-state index in [1.165, 1.54) is 0 Å². The van der Waals surface area contributed by atoms with Crippen molar-refractivity contribution in [3.05, 3.63) is 0 Å². The van der Waals surface area contributed by atoms with Gasteiger partial charge in [0.1, 0.15) is 12.3 Å². The Hall–Kier alpha value is -2.12. The van der Waals surface area contributed by atoms with E-state index in [-0.39, 0.29) is 17.7 Å². The fourth-order valence-corrected chi connectivity index (χ4v) is 3.61. The molecule has 12 nitrogen and oxygen atoms in total. The van der Waals surface area contributed by atoms with Gasteiger partial charge in [0.25, 0.3) is 0 Å². The van der Waals surface area contributed by atoms with Crippen LogP contribution < -0.4 is 44.6 Å². The second-order valence-corrected chi connectivity index (χ2v) is 9.17. The van der Waals surface area contributed by atoms with Gasteiger partial charge in [-0.15, -0.1) is 0 Å². The third-order valence-corrected chi connectivity index (χ3v) is 5.93. The molecule has 0 bridgehead atoms. The SMILES string of the molecule is NCCCCC(C=O)NC(=O)C(N)CCCCNC(=O)C(CCCCN)NC(=O)C(N)CCCCN. The lowest BCUT2D eigenvalue weighted by Crippen LogP contribution is -2.51. The summed E-state index contributed by atoms with van der Waals surface area (Å²) in [7, 11) is 0. The molecule has 0 aromatic rings. The maximum Gasteiger partial charge on any atom is 0.242 e. The van der Waals surface area contributed by atoms with Crippen LogP contribution in [0.15, 0.2) is 0 Å². The lowest BCUT2D eigenvalue weighted by atomic mass is 10.1. The first-order valence-electron chi connectivity index (χ1n) is 13.3. The van der Waals surface area contributed by atoms with Crippen molar-refractivity contribution in [3.63, 3.8) is 0 Å². The normalized spacial score (nSPS) is 14.4. The second kappa shape index (κ2) is 22.1. The third kappa shape index (κ3) is 16.5. The number of carbonyl (C=O) groups excluding carboxylic acids is 4. The van der Waals surface area contributed by atoms with Gasteiger partial charge in [-0.1, -0.05) is 6.42 Å². The van der Waals surface area contributed by atoms with Crippen molar-refractivity contribution in [1.29, 1.82) is 0 Å². The Balaban J connectivity index is 4.44. The summed E-state index contributed by atoms with van der Waals surface area (Å²) >= 11 is 0. The van der Waals surface area contributed by atoms with Crippen LogP contribution in [0.4, 0.5) is 0 Å². The third-order valence-electron chi connectivity index (χ3n) is 5.93. The van der Waals surface area contributed by atoms with E-state index < -0.39 is 24.2 Å². The van der Waals surface area contributed by atoms with Crippen LogP contribution in [-0.4, -0.2) is 74.4 Å². The monoisotopic (exact) mass is 514 g/mol. The van der Waals surface area contributed by atoms with E-state index in [0.29, 0.717) is 77.4 Å². The van der Waals surface area contributed by atoms with Crippen LogP contribution in [0.2, 0.25) is 0 Å². The lowest BCUT2D eigenvalue weighted by molar-refractivity contribution is -0.129. The molecule has 3 amide bonds. The van der Waals surface area contributed by atoms with Gasteiger partial charge in [0.2, 0.25) is 17.7 Å².